The van der Waals surface area contributed by atoms with E-state index in [4.69, 9.17) is 0 Å². The topological polar surface area (TPSA) is 46.0 Å². The largest absolute Gasteiger partial charge is 0.311 e. The van der Waals surface area contributed by atoms with Gasteiger partial charge >= 0.3 is 0 Å². The molecule has 2 fully saturated rings. The van der Waals surface area contributed by atoms with E-state index < -0.39 is 0 Å². The maximum absolute atomic E-state index is 4.50. The van der Waals surface area contributed by atoms with E-state index in [9.17, 15) is 0 Å². The first-order chi connectivity index (χ1) is 10.3. The average Bonchev–Trinajstić information content (AvgIpc) is 3.05. The fourth-order valence-corrected chi connectivity index (χ4v) is 3.99. The zero-order valence-corrected chi connectivity index (χ0v) is 13.5. The number of aryl methyl sites for hydroxylation is 1. The van der Waals surface area contributed by atoms with Crippen LogP contribution in [0.3, 0.4) is 0 Å². The van der Waals surface area contributed by atoms with Gasteiger partial charge in [-0.2, -0.15) is 5.10 Å². The van der Waals surface area contributed by atoms with Crippen molar-refractivity contribution < 1.29 is 0 Å². The van der Waals surface area contributed by atoms with Crippen molar-refractivity contribution in [2.24, 2.45) is 0 Å². The summed E-state index contributed by atoms with van der Waals surface area (Å²) in [5.41, 5.74) is 0. The summed E-state index contributed by atoms with van der Waals surface area (Å²) in [5.74, 6) is 1.14. The molecule has 2 aliphatic heterocycles. The first-order valence-corrected chi connectivity index (χ1v) is 8.67. The first kappa shape index (κ1) is 15.0. The number of aromatic nitrogens is 3. The number of hydrogen-bond acceptors (Lipinski definition) is 4. The van der Waals surface area contributed by atoms with E-state index in [0.29, 0.717) is 0 Å². The van der Waals surface area contributed by atoms with Crippen LogP contribution in [-0.2, 0) is 13.1 Å². The van der Waals surface area contributed by atoms with E-state index in [1.807, 2.05) is 0 Å². The summed E-state index contributed by atoms with van der Waals surface area (Å²) >= 11 is 0. The van der Waals surface area contributed by atoms with Crippen molar-refractivity contribution in [1.82, 2.24) is 25.0 Å². The molecule has 1 aromatic heterocycles. The Hall–Kier alpha value is -0.940. The van der Waals surface area contributed by atoms with Crippen LogP contribution >= 0.6 is 0 Å². The fraction of sp³-hybridized carbons (Fsp3) is 0.875. The van der Waals surface area contributed by atoms with Gasteiger partial charge in [0.05, 0.1) is 6.54 Å². The molecule has 0 saturated carbocycles. The lowest BCUT2D eigenvalue weighted by atomic mass is 9.98. The molecular formula is C16H29N5. The van der Waals surface area contributed by atoms with Crippen LogP contribution in [0.15, 0.2) is 6.33 Å². The van der Waals surface area contributed by atoms with Crippen LogP contribution in [0, 0.1) is 0 Å². The average molecular weight is 291 g/mol. The third-order valence-electron chi connectivity index (χ3n) is 4.95. The molecule has 118 valence electrons. The van der Waals surface area contributed by atoms with Crippen LogP contribution in [0.25, 0.3) is 0 Å². The van der Waals surface area contributed by atoms with E-state index in [2.05, 4.69) is 38.8 Å². The van der Waals surface area contributed by atoms with Gasteiger partial charge in [0.15, 0.2) is 0 Å². The fourth-order valence-electron chi connectivity index (χ4n) is 3.99. The molecule has 3 heterocycles. The molecule has 21 heavy (non-hydrogen) atoms. The minimum absolute atomic E-state index is 0.718. The Labute approximate surface area is 128 Å². The Bertz CT molecular complexity index is 432. The van der Waals surface area contributed by atoms with E-state index in [1.165, 1.54) is 38.6 Å². The summed E-state index contributed by atoms with van der Waals surface area (Å²) in [6, 6.07) is 2.22. The molecule has 2 bridgehead atoms. The Morgan fingerprint density at radius 1 is 1.24 bits per heavy atom. The van der Waals surface area contributed by atoms with Gasteiger partial charge in [-0.3, -0.25) is 4.90 Å². The summed E-state index contributed by atoms with van der Waals surface area (Å²) in [7, 11) is 0. The maximum Gasteiger partial charge on any atom is 0.141 e. The summed E-state index contributed by atoms with van der Waals surface area (Å²) in [6.45, 7) is 7.58. The van der Waals surface area contributed by atoms with Gasteiger partial charge in [0.2, 0.25) is 0 Å². The molecule has 0 aromatic carbocycles. The van der Waals surface area contributed by atoms with Crippen LogP contribution < -0.4 is 5.32 Å². The lowest BCUT2D eigenvalue weighted by Gasteiger charge is -2.37. The standard InChI is InChI=1S/C16H29N5/c1-3-7-20(11-16-17-12-18-21(16)8-4-2)15-9-13-5-6-14(10-15)19-13/h12-15,19H,3-11H2,1-2H3. The van der Waals surface area contributed by atoms with Crippen molar-refractivity contribution in [3.8, 4) is 0 Å². The minimum atomic E-state index is 0.718. The van der Waals surface area contributed by atoms with Crippen LogP contribution in [0.1, 0.15) is 58.2 Å². The second-order valence-corrected chi connectivity index (χ2v) is 6.63. The highest BCUT2D eigenvalue weighted by Gasteiger charge is 2.36. The number of piperidine rings is 1. The Balaban J connectivity index is 1.67. The molecule has 3 rings (SSSR count). The van der Waals surface area contributed by atoms with Gasteiger partial charge in [0, 0.05) is 24.7 Å². The maximum atomic E-state index is 4.50. The lowest BCUT2D eigenvalue weighted by Crippen LogP contribution is -2.48. The second kappa shape index (κ2) is 6.88. The van der Waals surface area contributed by atoms with Gasteiger partial charge in [0.25, 0.3) is 0 Å². The predicted molar refractivity (Wildman–Crippen MR) is 84.0 cm³/mol. The van der Waals surface area contributed by atoms with Gasteiger partial charge in [-0.25, -0.2) is 9.67 Å². The quantitative estimate of drug-likeness (QED) is 0.836. The summed E-state index contributed by atoms with van der Waals surface area (Å²) in [6.07, 6.45) is 9.38. The zero-order valence-electron chi connectivity index (χ0n) is 13.5. The lowest BCUT2D eigenvalue weighted by molar-refractivity contribution is 0.129. The number of rotatable bonds is 7. The molecule has 2 saturated heterocycles. The van der Waals surface area contributed by atoms with Crippen molar-refractivity contribution in [3.63, 3.8) is 0 Å². The van der Waals surface area contributed by atoms with Gasteiger partial charge in [0.1, 0.15) is 12.2 Å². The highest BCUT2D eigenvalue weighted by atomic mass is 15.3. The molecular weight excluding hydrogens is 262 g/mol. The molecule has 1 aromatic rings. The Kier molecular flexibility index (Phi) is 4.91. The molecule has 5 nitrogen and oxygen atoms in total. The zero-order chi connectivity index (χ0) is 14.7. The number of hydrogen-bond donors (Lipinski definition) is 1. The Morgan fingerprint density at radius 2 is 2.00 bits per heavy atom. The number of nitrogens with one attached hydrogen (secondary N) is 1. The van der Waals surface area contributed by atoms with E-state index in [1.54, 1.807) is 6.33 Å². The van der Waals surface area contributed by atoms with Gasteiger partial charge in [-0.1, -0.05) is 13.8 Å². The molecule has 2 aliphatic rings. The number of fused-ring (bicyclic) bond motifs is 2. The van der Waals surface area contributed by atoms with Crippen molar-refractivity contribution in [1.29, 1.82) is 0 Å². The van der Waals surface area contributed by atoms with Crippen LogP contribution in [0.4, 0.5) is 0 Å². The molecule has 1 N–H and O–H groups in total. The summed E-state index contributed by atoms with van der Waals surface area (Å²) in [5, 5.41) is 8.12. The SMILES string of the molecule is CCCN(Cc1ncnn1CCC)C1CC2CCC(C1)N2. The van der Waals surface area contributed by atoms with E-state index >= 15 is 0 Å². The highest BCUT2D eigenvalue weighted by Crippen LogP contribution is 2.30. The monoisotopic (exact) mass is 291 g/mol. The highest BCUT2D eigenvalue weighted by molar-refractivity contribution is 4.97. The van der Waals surface area contributed by atoms with Gasteiger partial charge in [-0.15, -0.1) is 0 Å². The normalized spacial score (nSPS) is 28.4. The van der Waals surface area contributed by atoms with Crippen molar-refractivity contribution >= 4 is 0 Å². The molecule has 0 spiro atoms. The smallest absolute Gasteiger partial charge is 0.141 e. The van der Waals surface area contributed by atoms with Gasteiger partial charge in [-0.05, 0) is 45.1 Å². The van der Waals surface area contributed by atoms with Crippen LogP contribution in [-0.4, -0.2) is 44.3 Å². The second-order valence-electron chi connectivity index (χ2n) is 6.63. The third-order valence-corrected chi connectivity index (χ3v) is 4.95. The number of nitrogens with zero attached hydrogens (tertiary/aromatic N) is 4. The first-order valence-electron chi connectivity index (χ1n) is 8.67. The van der Waals surface area contributed by atoms with Crippen LogP contribution in [0.5, 0.6) is 0 Å². The molecule has 0 aliphatic carbocycles. The molecule has 0 radical (unpaired) electrons. The van der Waals surface area contributed by atoms with Gasteiger partial charge < -0.3 is 5.32 Å². The summed E-state index contributed by atoms with van der Waals surface area (Å²) < 4.78 is 2.08. The third kappa shape index (κ3) is 3.46. The van der Waals surface area contributed by atoms with Crippen molar-refractivity contribution in [2.75, 3.05) is 6.54 Å². The molecule has 2 atom stereocenters. The Morgan fingerprint density at radius 3 is 2.67 bits per heavy atom. The van der Waals surface area contributed by atoms with E-state index in [-0.39, 0.29) is 0 Å². The predicted octanol–water partition coefficient (Wildman–Crippen LogP) is 2.18. The minimum Gasteiger partial charge on any atom is -0.311 e. The molecule has 0 amide bonds. The molecule has 5 heteroatoms. The van der Waals surface area contributed by atoms with Crippen LogP contribution in [0.2, 0.25) is 0 Å². The van der Waals surface area contributed by atoms with Crippen molar-refractivity contribution in [3.05, 3.63) is 12.2 Å². The van der Waals surface area contributed by atoms with Crippen molar-refractivity contribution in [2.45, 2.75) is 83.6 Å². The summed E-state index contributed by atoms with van der Waals surface area (Å²) in [4.78, 5) is 7.16. The molecule has 2 unspecified atom stereocenters. The van der Waals surface area contributed by atoms with E-state index in [0.717, 1.165) is 43.5 Å².